The standard InChI is InChI=1S/C16H25N5O16P2/c17-15-19-12-7(13(28)20-15)18-4-21(12)14-10(26)9(25)6(35-14)2-34-38(29,30)37-39(31,32)36-16(3-22)11(27)8(24)5(23)1-33-16/h4-6,8-11,14,22-27H,1-3H2,(H,29,30)(H,31,32)(H3,17,19,20,28). The summed E-state index contributed by atoms with van der Waals surface area (Å²) in [6, 6.07) is 0. The van der Waals surface area contributed by atoms with Gasteiger partial charge in [-0.05, 0) is 0 Å². The SMILES string of the molecule is Nc1nc2c(ncn2C2OC(COP(=O)(O)OP(=O)(O)OC3(CO)OCC(O)C(O)C3O)C(O)C2O)c(=O)[nH]1. The summed E-state index contributed by atoms with van der Waals surface area (Å²) in [5.41, 5.74) is 4.53. The number of nitrogens with one attached hydrogen (secondary N) is 1. The van der Waals surface area contributed by atoms with E-state index in [-0.39, 0.29) is 17.1 Å². The Kier molecular flexibility index (Phi) is 8.34. The van der Waals surface area contributed by atoms with E-state index in [1.165, 1.54) is 0 Å². The molecule has 220 valence electrons. The van der Waals surface area contributed by atoms with Crippen LogP contribution in [0.2, 0.25) is 0 Å². The number of nitrogens with two attached hydrogens (primary N) is 1. The van der Waals surface area contributed by atoms with Gasteiger partial charge in [-0.3, -0.25) is 18.9 Å². The third-order valence-corrected chi connectivity index (χ3v) is 8.49. The summed E-state index contributed by atoms with van der Waals surface area (Å²) in [6.07, 6.45) is -11.3. The molecule has 2 aromatic heterocycles. The van der Waals surface area contributed by atoms with Gasteiger partial charge in [0, 0.05) is 0 Å². The van der Waals surface area contributed by atoms with E-state index in [0.717, 1.165) is 10.9 Å². The van der Waals surface area contributed by atoms with Crippen molar-refractivity contribution in [2.45, 2.75) is 48.6 Å². The minimum absolute atomic E-state index is 0.119. The Balaban J connectivity index is 1.42. The monoisotopic (exact) mass is 605 g/mol. The quantitative estimate of drug-likeness (QED) is 0.120. The molecule has 2 aromatic rings. The van der Waals surface area contributed by atoms with Gasteiger partial charge in [0.2, 0.25) is 11.7 Å². The zero-order valence-electron chi connectivity index (χ0n) is 19.4. The average molecular weight is 605 g/mol. The maximum Gasteiger partial charge on any atom is 0.483 e. The van der Waals surface area contributed by atoms with Crippen molar-refractivity contribution in [2.75, 3.05) is 25.6 Å². The van der Waals surface area contributed by atoms with E-state index in [9.17, 15) is 54.4 Å². The van der Waals surface area contributed by atoms with Crippen molar-refractivity contribution >= 4 is 32.8 Å². The van der Waals surface area contributed by atoms with Crippen LogP contribution in [0.3, 0.4) is 0 Å². The molecule has 0 spiro atoms. The van der Waals surface area contributed by atoms with E-state index < -0.39 is 89.7 Å². The topological polar surface area (TPSA) is 332 Å². The molecule has 4 heterocycles. The highest BCUT2D eigenvalue weighted by Gasteiger charge is 2.55. The molecule has 0 aromatic carbocycles. The molecule has 21 nitrogen and oxygen atoms in total. The molecule has 23 heteroatoms. The van der Waals surface area contributed by atoms with Gasteiger partial charge in [0.25, 0.3) is 5.56 Å². The second-order valence-corrected chi connectivity index (χ2v) is 11.5. The van der Waals surface area contributed by atoms with Crippen LogP contribution in [0.5, 0.6) is 0 Å². The Morgan fingerprint density at radius 3 is 2.51 bits per heavy atom. The van der Waals surface area contributed by atoms with Crippen LogP contribution in [-0.2, 0) is 32.0 Å². The Hall–Kier alpha value is -1.91. The summed E-state index contributed by atoms with van der Waals surface area (Å²) in [5, 5.41) is 59.6. The fourth-order valence-corrected chi connectivity index (χ4v) is 6.20. The van der Waals surface area contributed by atoms with Crippen molar-refractivity contribution in [2.24, 2.45) is 0 Å². The number of phosphoric ester groups is 2. The first-order valence-corrected chi connectivity index (χ1v) is 13.8. The molecule has 0 saturated carbocycles. The Labute approximate surface area is 216 Å². The van der Waals surface area contributed by atoms with E-state index >= 15 is 0 Å². The Morgan fingerprint density at radius 1 is 1.15 bits per heavy atom. The minimum atomic E-state index is -5.72. The smallest absolute Gasteiger partial charge is 0.391 e. The lowest BCUT2D eigenvalue weighted by Crippen LogP contribution is -2.63. The molecule has 2 aliphatic heterocycles. The fourth-order valence-electron chi connectivity index (χ4n) is 3.89. The predicted molar refractivity (Wildman–Crippen MR) is 120 cm³/mol. The lowest BCUT2D eigenvalue weighted by atomic mass is 9.98. The predicted octanol–water partition coefficient (Wildman–Crippen LogP) is -4.63. The van der Waals surface area contributed by atoms with Gasteiger partial charge in [0.05, 0.1) is 19.5 Å². The summed E-state index contributed by atoms with van der Waals surface area (Å²) >= 11 is 0. The van der Waals surface area contributed by atoms with Crippen LogP contribution in [0.15, 0.2) is 11.1 Å². The van der Waals surface area contributed by atoms with Gasteiger partial charge < -0.3 is 55.6 Å². The molecule has 0 bridgehead atoms. The number of imidazole rings is 1. The maximum absolute atomic E-state index is 12.4. The van der Waals surface area contributed by atoms with E-state index in [1.54, 1.807) is 0 Å². The van der Waals surface area contributed by atoms with Gasteiger partial charge in [-0.1, -0.05) is 0 Å². The van der Waals surface area contributed by atoms with Gasteiger partial charge >= 0.3 is 15.6 Å². The molecule has 2 fully saturated rings. The maximum atomic E-state index is 12.4. The van der Waals surface area contributed by atoms with E-state index in [2.05, 4.69) is 28.3 Å². The number of rotatable bonds is 9. The minimum Gasteiger partial charge on any atom is -0.391 e. The highest BCUT2D eigenvalue weighted by Crippen LogP contribution is 2.62. The lowest BCUT2D eigenvalue weighted by Gasteiger charge is -2.43. The fraction of sp³-hybridized carbons (Fsp3) is 0.688. The molecule has 39 heavy (non-hydrogen) atoms. The lowest BCUT2D eigenvalue weighted by molar-refractivity contribution is -0.322. The number of nitrogen functional groups attached to an aromatic ring is 1. The zero-order chi connectivity index (χ0) is 28.9. The number of ether oxygens (including phenoxy) is 2. The van der Waals surface area contributed by atoms with Gasteiger partial charge in [-0.15, -0.1) is 0 Å². The summed E-state index contributed by atoms with van der Waals surface area (Å²) in [6.45, 7) is -3.14. The van der Waals surface area contributed by atoms with Crippen LogP contribution < -0.4 is 11.3 Å². The number of fused-ring (bicyclic) bond motifs is 1. The average Bonchev–Trinajstić information content (AvgIpc) is 3.38. The molecular weight excluding hydrogens is 580 g/mol. The van der Waals surface area contributed by atoms with Crippen molar-refractivity contribution in [1.29, 1.82) is 0 Å². The number of nitrogens with zero attached hydrogens (tertiary/aromatic N) is 3. The highest BCUT2D eigenvalue weighted by molar-refractivity contribution is 7.61. The number of anilines is 1. The molecule has 2 saturated heterocycles. The number of aromatic amines is 1. The largest absolute Gasteiger partial charge is 0.483 e. The van der Waals surface area contributed by atoms with E-state index in [1.807, 2.05) is 0 Å². The highest BCUT2D eigenvalue weighted by atomic mass is 31.3. The van der Waals surface area contributed by atoms with Crippen LogP contribution in [0, 0.1) is 0 Å². The normalized spacial score (nSPS) is 36.6. The third kappa shape index (κ3) is 5.93. The summed E-state index contributed by atoms with van der Waals surface area (Å²) in [4.78, 5) is 41.8. The van der Waals surface area contributed by atoms with Gasteiger partial charge in [-0.25, -0.2) is 18.6 Å². The van der Waals surface area contributed by atoms with E-state index in [0.29, 0.717) is 0 Å². The molecule has 10 unspecified atom stereocenters. The van der Waals surface area contributed by atoms with Crippen molar-refractivity contribution < 1.29 is 72.4 Å². The van der Waals surface area contributed by atoms with Gasteiger partial charge in [0.1, 0.15) is 43.2 Å². The number of aliphatic hydroxyl groups excluding tert-OH is 6. The van der Waals surface area contributed by atoms with Crippen LogP contribution in [0.4, 0.5) is 5.95 Å². The Morgan fingerprint density at radius 2 is 1.85 bits per heavy atom. The second kappa shape index (κ2) is 10.8. The van der Waals surface area contributed by atoms with Crippen LogP contribution in [0.25, 0.3) is 11.2 Å². The third-order valence-electron chi connectivity index (χ3n) is 5.83. The number of aromatic nitrogens is 4. The molecule has 0 amide bonds. The summed E-state index contributed by atoms with van der Waals surface area (Å²) in [7, 11) is -11.3. The molecule has 2 aliphatic rings. The second-order valence-electron chi connectivity index (χ2n) is 8.51. The number of H-pyrrole nitrogens is 1. The van der Waals surface area contributed by atoms with Crippen molar-refractivity contribution in [3.8, 4) is 0 Å². The van der Waals surface area contributed by atoms with E-state index in [4.69, 9.17) is 15.2 Å². The molecule has 11 N–H and O–H groups in total. The summed E-state index contributed by atoms with van der Waals surface area (Å²) in [5.74, 6) is -3.12. The van der Waals surface area contributed by atoms with Crippen molar-refractivity contribution in [3.63, 3.8) is 0 Å². The van der Waals surface area contributed by atoms with Crippen LogP contribution >= 0.6 is 15.6 Å². The van der Waals surface area contributed by atoms with Crippen LogP contribution in [-0.4, -0.2) is 122 Å². The van der Waals surface area contributed by atoms with Crippen molar-refractivity contribution in [1.82, 2.24) is 19.5 Å². The number of hydrogen-bond acceptors (Lipinski definition) is 17. The number of hydrogen-bond donors (Lipinski definition) is 10. The van der Waals surface area contributed by atoms with Gasteiger partial charge in [0.15, 0.2) is 17.4 Å². The first-order valence-electron chi connectivity index (χ1n) is 10.8. The van der Waals surface area contributed by atoms with Gasteiger partial charge in [-0.2, -0.15) is 9.29 Å². The summed E-state index contributed by atoms with van der Waals surface area (Å²) < 4.78 is 49.3. The molecule has 10 atom stereocenters. The van der Waals surface area contributed by atoms with Crippen molar-refractivity contribution in [3.05, 3.63) is 16.7 Å². The molecule has 0 aliphatic carbocycles. The zero-order valence-corrected chi connectivity index (χ0v) is 21.2. The first-order chi connectivity index (χ1) is 18.1. The number of phosphoric acid groups is 2. The number of aliphatic hydroxyl groups is 6. The molecule has 4 rings (SSSR count). The molecular formula is C16H25N5O16P2. The Bertz CT molecular complexity index is 1360. The van der Waals surface area contributed by atoms with Crippen LogP contribution in [0.1, 0.15) is 6.23 Å². The molecule has 0 radical (unpaired) electrons. The first kappa shape index (κ1) is 30.1.